The molecule has 166 valence electrons. The lowest BCUT2D eigenvalue weighted by atomic mass is 10.1. The molecule has 0 atom stereocenters. The first kappa shape index (κ1) is 23.5. The number of hydrogen-bond acceptors (Lipinski definition) is 6. The summed E-state index contributed by atoms with van der Waals surface area (Å²) in [5, 5.41) is 5.44. The number of thiophene rings is 1. The summed E-state index contributed by atoms with van der Waals surface area (Å²) in [6.07, 6.45) is 2.66. The van der Waals surface area contributed by atoms with Crippen LogP contribution >= 0.6 is 22.9 Å². The highest BCUT2D eigenvalue weighted by molar-refractivity contribution is 7.14. The molecule has 2 aromatic heterocycles. The molecule has 0 unspecified atom stereocenters. The number of halogens is 1. The van der Waals surface area contributed by atoms with E-state index in [9.17, 15) is 4.79 Å². The minimum atomic E-state index is -0.144. The lowest BCUT2D eigenvalue weighted by molar-refractivity contribution is 0.0955. The van der Waals surface area contributed by atoms with Crippen LogP contribution in [0.2, 0.25) is 5.02 Å². The number of amides is 1. The number of nitrogens with one attached hydrogen (secondary N) is 1. The van der Waals surface area contributed by atoms with Crippen LogP contribution < -0.4 is 11.1 Å². The van der Waals surface area contributed by atoms with Gasteiger partial charge in [0.25, 0.3) is 5.91 Å². The maximum absolute atomic E-state index is 12.6. The van der Waals surface area contributed by atoms with Gasteiger partial charge in [0, 0.05) is 36.2 Å². The topological polar surface area (TPSA) is 80.5 Å². The van der Waals surface area contributed by atoms with Crippen LogP contribution in [0.5, 0.6) is 0 Å². The van der Waals surface area contributed by atoms with Gasteiger partial charge in [-0.05, 0) is 48.7 Å². The van der Waals surface area contributed by atoms with Gasteiger partial charge in [0.05, 0.1) is 16.5 Å². The highest BCUT2D eigenvalue weighted by Crippen LogP contribution is 2.28. The van der Waals surface area contributed by atoms with Crippen LogP contribution in [0.4, 0.5) is 5.82 Å². The molecular formula is C23H29ClN4O2S. The van der Waals surface area contributed by atoms with Gasteiger partial charge in [-0.25, -0.2) is 4.98 Å². The predicted molar refractivity (Wildman–Crippen MR) is 129 cm³/mol. The minimum absolute atomic E-state index is 0.144. The van der Waals surface area contributed by atoms with Gasteiger partial charge in [0.1, 0.15) is 5.82 Å². The molecule has 0 radical (unpaired) electrons. The highest BCUT2D eigenvalue weighted by Gasteiger charge is 2.14. The Morgan fingerprint density at radius 1 is 1.26 bits per heavy atom. The van der Waals surface area contributed by atoms with Crippen molar-refractivity contribution in [3.63, 3.8) is 0 Å². The van der Waals surface area contributed by atoms with Gasteiger partial charge in [0.2, 0.25) is 0 Å². The van der Waals surface area contributed by atoms with Crippen molar-refractivity contribution in [2.45, 2.75) is 33.4 Å². The second-order valence-electron chi connectivity index (χ2n) is 7.25. The molecule has 6 nitrogen and oxygen atoms in total. The summed E-state index contributed by atoms with van der Waals surface area (Å²) in [7, 11) is 0. The van der Waals surface area contributed by atoms with Crippen LogP contribution in [0.15, 0.2) is 36.5 Å². The number of carbonyl (C=O) groups excluding carboxylic acids is 1. The molecule has 8 heteroatoms. The molecular weight excluding hydrogens is 432 g/mol. The summed E-state index contributed by atoms with van der Waals surface area (Å²) < 4.78 is 5.77. The normalized spacial score (nSPS) is 11.4. The number of carbonyl (C=O) groups is 1. The van der Waals surface area contributed by atoms with E-state index < -0.39 is 0 Å². The number of hydrogen-bond donors (Lipinski definition) is 2. The molecule has 3 aromatic rings. The SMILES string of the molecule is CCN(CC)CCCOCc1sc(C(=O)NCc2ccc3c(N)nccc3c2)cc1Cl. The molecule has 0 saturated carbocycles. The van der Waals surface area contributed by atoms with Crippen molar-refractivity contribution in [1.29, 1.82) is 0 Å². The fourth-order valence-corrected chi connectivity index (χ4v) is 4.59. The molecule has 0 aliphatic heterocycles. The number of nitrogens with zero attached hydrogens (tertiary/aromatic N) is 2. The minimum Gasteiger partial charge on any atom is -0.383 e. The van der Waals surface area contributed by atoms with Crippen LogP contribution in [-0.4, -0.2) is 42.0 Å². The zero-order valence-electron chi connectivity index (χ0n) is 18.0. The Bertz CT molecular complexity index is 1020. The number of nitrogens with two attached hydrogens (primary N) is 1. The number of anilines is 1. The third kappa shape index (κ3) is 6.40. The van der Waals surface area contributed by atoms with E-state index in [0.717, 1.165) is 47.3 Å². The van der Waals surface area contributed by atoms with E-state index in [-0.39, 0.29) is 5.91 Å². The number of benzene rings is 1. The summed E-state index contributed by atoms with van der Waals surface area (Å²) in [6, 6.07) is 9.50. The lowest BCUT2D eigenvalue weighted by Crippen LogP contribution is -2.24. The molecule has 0 aliphatic carbocycles. The number of aromatic nitrogens is 1. The van der Waals surface area contributed by atoms with Crippen LogP contribution in [0.1, 0.15) is 40.4 Å². The van der Waals surface area contributed by atoms with Crippen LogP contribution in [0.3, 0.4) is 0 Å². The second-order valence-corrected chi connectivity index (χ2v) is 8.79. The summed E-state index contributed by atoms with van der Waals surface area (Å²) in [5.74, 6) is 0.359. The van der Waals surface area contributed by atoms with E-state index >= 15 is 0 Å². The van der Waals surface area contributed by atoms with Gasteiger partial charge in [-0.15, -0.1) is 11.3 Å². The van der Waals surface area contributed by atoms with Crippen LogP contribution in [-0.2, 0) is 17.9 Å². The molecule has 0 spiro atoms. The van der Waals surface area contributed by atoms with Crippen LogP contribution in [0.25, 0.3) is 10.8 Å². The van der Waals surface area contributed by atoms with E-state index in [0.29, 0.717) is 35.5 Å². The van der Waals surface area contributed by atoms with Gasteiger partial charge in [-0.3, -0.25) is 4.79 Å². The summed E-state index contributed by atoms with van der Waals surface area (Å²) in [4.78, 5) is 20.5. The third-order valence-electron chi connectivity index (χ3n) is 5.18. The van der Waals surface area contributed by atoms with Crippen LogP contribution in [0, 0.1) is 0 Å². The van der Waals surface area contributed by atoms with Crippen molar-refractivity contribution in [3.8, 4) is 0 Å². The van der Waals surface area contributed by atoms with Crippen molar-refractivity contribution in [2.75, 3.05) is 32.0 Å². The standard InChI is InChI=1S/C23H29ClN4O2S/c1-3-28(4-2)10-5-11-30-15-21-19(24)13-20(31-21)23(29)27-14-16-6-7-18-17(12-16)8-9-26-22(18)25/h6-9,12-13H,3-5,10-11,14-15H2,1-2H3,(H2,25,26)(H,27,29). The summed E-state index contributed by atoms with van der Waals surface area (Å²) >= 11 is 7.70. The van der Waals surface area contributed by atoms with Gasteiger partial charge >= 0.3 is 0 Å². The van der Waals surface area contributed by atoms with Crippen molar-refractivity contribution in [2.24, 2.45) is 0 Å². The van der Waals surface area contributed by atoms with Crippen molar-refractivity contribution < 1.29 is 9.53 Å². The quantitative estimate of drug-likeness (QED) is 0.405. The van der Waals surface area contributed by atoms with E-state index in [1.165, 1.54) is 11.3 Å². The molecule has 0 saturated heterocycles. The largest absolute Gasteiger partial charge is 0.383 e. The first-order chi connectivity index (χ1) is 15.0. The Labute approximate surface area is 192 Å². The smallest absolute Gasteiger partial charge is 0.261 e. The summed E-state index contributed by atoms with van der Waals surface area (Å²) in [5.41, 5.74) is 6.89. The average Bonchev–Trinajstić information content (AvgIpc) is 3.15. The number of fused-ring (bicyclic) bond motifs is 1. The summed E-state index contributed by atoms with van der Waals surface area (Å²) in [6.45, 7) is 8.97. The molecule has 0 bridgehead atoms. The molecule has 1 aromatic carbocycles. The molecule has 31 heavy (non-hydrogen) atoms. The first-order valence-electron chi connectivity index (χ1n) is 10.5. The Kier molecular flexibility index (Phi) is 8.66. The Morgan fingerprint density at radius 3 is 2.84 bits per heavy atom. The fraction of sp³-hybridized carbons (Fsp3) is 0.391. The van der Waals surface area contributed by atoms with E-state index in [4.69, 9.17) is 22.1 Å². The Hall–Kier alpha value is -2.19. The number of pyridine rings is 1. The van der Waals surface area contributed by atoms with Gasteiger partial charge < -0.3 is 20.7 Å². The third-order valence-corrected chi connectivity index (χ3v) is 6.74. The zero-order chi connectivity index (χ0) is 22.2. The maximum Gasteiger partial charge on any atom is 0.261 e. The Morgan fingerprint density at radius 2 is 2.06 bits per heavy atom. The number of ether oxygens (including phenoxy) is 1. The highest BCUT2D eigenvalue weighted by atomic mass is 35.5. The first-order valence-corrected chi connectivity index (χ1v) is 11.7. The Balaban J connectivity index is 1.50. The van der Waals surface area contributed by atoms with Crippen molar-refractivity contribution >= 4 is 45.4 Å². The molecule has 1 amide bonds. The van der Waals surface area contributed by atoms with Gasteiger partial charge in [-0.1, -0.05) is 37.6 Å². The van der Waals surface area contributed by atoms with E-state index in [1.54, 1.807) is 12.3 Å². The number of rotatable bonds is 11. The predicted octanol–water partition coefficient (Wildman–Crippen LogP) is 4.71. The van der Waals surface area contributed by atoms with E-state index in [1.807, 2.05) is 24.3 Å². The van der Waals surface area contributed by atoms with Gasteiger partial charge in [-0.2, -0.15) is 0 Å². The van der Waals surface area contributed by atoms with Crippen molar-refractivity contribution in [1.82, 2.24) is 15.2 Å². The average molecular weight is 461 g/mol. The molecule has 3 N–H and O–H groups in total. The fourth-order valence-electron chi connectivity index (χ4n) is 3.34. The van der Waals surface area contributed by atoms with E-state index in [2.05, 4.69) is 29.0 Å². The molecule has 3 rings (SSSR count). The lowest BCUT2D eigenvalue weighted by Gasteiger charge is -2.17. The molecule has 2 heterocycles. The zero-order valence-corrected chi connectivity index (χ0v) is 19.6. The molecule has 0 aliphatic rings. The van der Waals surface area contributed by atoms with Crippen molar-refractivity contribution in [3.05, 3.63) is 56.9 Å². The number of nitrogen functional groups attached to an aromatic ring is 1. The van der Waals surface area contributed by atoms with Gasteiger partial charge in [0.15, 0.2) is 0 Å². The molecule has 0 fully saturated rings. The second kappa shape index (κ2) is 11.4. The monoisotopic (exact) mass is 460 g/mol. The maximum atomic E-state index is 12.6.